The number of rotatable bonds is 3. The number of aromatic amines is 1. The lowest BCUT2D eigenvalue weighted by atomic mass is 10.1. The average Bonchev–Trinajstić information content (AvgIpc) is 3.12. The van der Waals surface area contributed by atoms with Crippen molar-refractivity contribution in [3.63, 3.8) is 0 Å². The molecule has 2 aromatic heterocycles. The third kappa shape index (κ3) is 5.96. The number of hydrogen-bond donors (Lipinski definition) is 2. The van der Waals surface area contributed by atoms with E-state index < -0.39 is 23.4 Å². The maximum atomic E-state index is 12.8. The van der Waals surface area contributed by atoms with E-state index >= 15 is 0 Å². The van der Waals surface area contributed by atoms with Gasteiger partial charge >= 0.3 is 12.2 Å². The van der Waals surface area contributed by atoms with Gasteiger partial charge in [-0.05, 0) is 41.5 Å². The Morgan fingerprint density at radius 2 is 1.74 bits per heavy atom. The first-order chi connectivity index (χ1) is 14.4. The van der Waals surface area contributed by atoms with E-state index in [0.29, 0.717) is 43.2 Å². The number of ether oxygens (including phenoxy) is 2. The molecule has 11 heteroatoms. The second kappa shape index (κ2) is 8.56. The van der Waals surface area contributed by atoms with Gasteiger partial charge in [-0.1, -0.05) is 0 Å². The van der Waals surface area contributed by atoms with Crippen LogP contribution >= 0.6 is 0 Å². The van der Waals surface area contributed by atoms with Crippen molar-refractivity contribution in [1.29, 1.82) is 0 Å². The van der Waals surface area contributed by atoms with E-state index in [0.717, 1.165) is 0 Å². The van der Waals surface area contributed by atoms with Gasteiger partial charge < -0.3 is 24.7 Å². The van der Waals surface area contributed by atoms with Crippen LogP contribution in [-0.4, -0.2) is 85.3 Å². The number of anilines is 1. The molecule has 1 fully saturated rings. The van der Waals surface area contributed by atoms with E-state index in [2.05, 4.69) is 25.3 Å². The quantitative estimate of drug-likeness (QED) is 0.757. The van der Waals surface area contributed by atoms with Gasteiger partial charge in [-0.3, -0.25) is 4.90 Å². The minimum absolute atomic E-state index is 0.304. The van der Waals surface area contributed by atoms with E-state index in [1.165, 1.54) is 6.33 Å². The molecule has 0 radical (unpaired) electrons. The van der Waals surface area contributed by atoms with Crippen LogP contribution in [0.2, 0.25) is 0 Å². The SMILES string of the molecule is CC(C)(C)OC(=O)N1CCN(C(=O)OC(C)(C)C)C(CNc2ncnc3nc[nH]c23)C1. The van der Waals surface area contributed by atoms with Crippen LogP contribution in [0.4, 0.5) is 15.4 Å². The summed E-state index contributed by atoms with van der Waals surface area (Å²) in [5.74, 6) is 0.570. The highest BCUT2D eigenvalue weighted by Gasteiger charge is 2.36. The predicted molar refractivity (Wildman–Crippen MR) is 115 cm³/mol. The molecule has 1 unspecified atom stereocenters. The van der Waals surface area contributed by atoms with Crippen LogP contribution < -0.4 is 5.32 Å². The third-order valence-electron chi connectivity index (χ3n) is 4.49. The Kier molecular flexibility index (Phi) is 6.23. The normalized spacial score (nSPS) is 17.5. The number of nitrogens with zero attached hydrogens (tertiary/aromatic N) is 5. The van der Waals surface area contributed by atoms with Gasteiger partial charge in [-0.2, -0.15) is 0 Å². The molecular weight excluding hydrogens is 402 g/mol. The molecule has 0 aliphatic carbocycles. The molecule has 0 saturated carbocycles. The number of hydrogen-bond acceptors (Lipinski definition) is 8. The molecular formula is C20H31N7O4. The molecule has 0 spiro atoms. The van der Waals surface area contributed by atoms with E-state index in [1.807, 2.05) is 41.5 Å². The zero-order valence-corrected chi connectivity index (χ0v) is 18.9. The van der Waals surface area contributed by atoms with Crippen LogP contribution in [0, 0.1) is 0 Å². The summed E-state index contributed by atoms with van der Waals surface area (Å²) < 4.78 is 11.1. The first-order valence-electron chi connectivity index (χ1n) is 10.3. The Labute approximate surface area is 181 Å². The molecule has 1 atom stereocenters. The Balaban J connectivity index is 1.76. The van der Waals surface area contributed by atoms with Gasteiger partial charge in [0.05, 0.1) is 12.4 Å². The number of H-pyrrole nitrogens is 1. The molecule has 170 valence electrons. The summed E-state index contributed by atoms with van der Waals surface area (Å²) in [6, 6.07) is -0.343. The summed E-state index contributed by atoms with van der Waals surface area (Å²) >= 11 is 0. The van der Waals surface area contributed by atoms with Crippen molar-refractivity contribution < 1.29 is 19.1 Å². The zero-order chi connectivity index (χ0) is 22.8. The van der Waals surface area contributed by atoms with Crippen molar-refractivity contribution >= 4 is 29.2 Å². The number of nitrogens with one attached hydrogen (secondary N) is 2. The third-order valence-corrected chi connectivity index (χ3v) is 4.49. The van der Waals surface area contributed by atoms with Crippen LogP contribution in [0.3, 0.4) is 0 Å². The van der Waals surface area contributed by atoms with Crippen molar-refractivity contribution in [3.05, 3.63) is 12.7 Å². The van der Waals surface area contributed by atoms with Crippen LogP contribution in [0.15, 0.2) is 12.7 Å². The van der Waals surface area contributed by atoms with Gasteiger partial charge in [0.15, 0.2) is 11.5 Å². The van der Waals surface area contributed by atoms with E-state index in [-0.39, 0.29) is 6.04 Å². The van der Waals surface area contributed by atoms with Gasteiger partial charge in [0.25, 0.3) is 0 Å². The summed E-state index contributed by atoms with van der Waals surface area (Å²) in [6.45, 7) is 12.3. The minimum Gasteiger partial charge on any atom is -0.444 e. The van der Waals surface area contributed by atoms with Crippen molar-refractivity contribution in [2.75, 3.05) is 31.5 Å². The van der Waals surface area contributed by atoms with E-state index in [9.17, 15) is 9.59 Å². The molecule has 2 aromatic rings. The maximum absolute atomic E-state index is 12.8. The van der Waals surface area contributed by atoms with Crippen LogP contribution in [0.5, 0.6) is 0 Å². The molecule has 3 rings (SSSR count). The van der Waals surface area contributed by atoms with Crippen LogP contribution in [0.1, 0.15) is 41.5 Å². The van der Waals surface area contributed by atoms with E-state index in [1.54, 1.807) is 16.1 Å². The molecule has 31 heavy (non-hydrogen) atoms. The van der Waals surface area contributed by atoms with Crippen molar-refractivity contribution in [3.8, 4) is 0 Å². The average molecular weight is 434 g/mol. The minimum atomic E-state index is -0.619. The van der Waals surface area contributed by atoms with Crippen molar-refractivity contribution in [2.45, 2.75) is 58.8 Å². The number of carbonyl (C=O) groups excluding carboxylic acids is 2. The molecule has 2 N–H and O–H groups in total. The Morgan fingerprint density at radius 3 is 2.42 bits per heavy atom. The largest absolute Gasteiger partial charge is 0.444 e. The molecule has 2 amide bonds. The number of piperazine rings is 1. The summed E-state index contributed by atoms with van der Waals surface area (Å²) in [5, 5.41) is 3.25. The number of imidazole rings is 1. The topological polar surface area (TPSA) is 126 Å². The zero-order valence-electron chi connectivity index (χ0n) is 18.9. The molecule has 1 aliphatic rings. The fourth-order valence-electron chi connectivity index (χ4n) is 3.20. The van der Waals surface area contributed by atoms with Gasteiger partial charge in [0.1, 0.15) is 23.0 Å². The Bertz CT molecular complexity index is 931. The first kappa shape index (κ1) is 22.6. The lowest BCUT2D eigenvalue weighted by Crippen LogP contribution is -2.59. The molecule has 0 bridgehead atoms. The highest BCUT2D eigenvalue weighted by atomic mass is 16.6. The Hall–Kier alpha value is -3.11. The lowest BCUT2D eigenvalue weighted by molar-refractivity contribution is -0.0129. The van der Waals surface area contributed by atoms with Gasteiger partial charge in [-0.15, -0.1) is 0 Å². The number of fused-ring (bicyclic) bond motifs is 1. The van der Waals surface area contributed by atoms with Crippen LogP contribution in [-0.2, 0) is 9.47 Å². The van der Waals surface area contributed by atoms with E-state index in [4.69, 9.17) is 9.47 Å². The highest BCUT2D eigenvalue weighted by molar-refractivity contribution is 5.82. The highest BCUT2D eigenvalue weighted by Crippen LogP contribution is 2.20. The monoisotopic (exact) mass is 433 g/mol. The summed E-state index contributed by atoms with van der Waals surface area (Å²) in [7, 11) is 0. The molecule has 1 saturated heterocycles. The number of aromatic nitrogens is 4. The predicted octanol–water partition coefficient (Wildman–Crippen LogP) is 2.62. The van der Waals surface area contributed by atoms with Crippen molar-refractivity contribution in [1.82, 2.24) is 29.7 Å². The molecule has 3 heterocycles. The summed E-state index contributed by atoms with van der Waals surface area (Å²) in [4.78, 5) is 44.2. The maximum Gasteiger partial charge on any atom is 0.410 e. The Morgan fingerprint density at radius 1 is 1.06 bits per heavy atom. The molecule has 11 nitrogen and oxygen atoms in total. The number of carbonyl (C=O) groups is 2. The fourth-order valence-corrected chi connectivity index (χ4v) is 3.20. The summed E-state index contributed by atoms with van der Waals surface area (Å²) in [5.41, 5.74) is -0.00137. The second-order valence-electron chi connectivity index (χ2n) is 9.46. The summed E-state index contributed by atoms with van der Waals surface area (Å²) in [6.07, 6.45) is 2.14. The first-order valence-corrected chi connectivity index (χ1v) is 10.3. The molecule has 1 aliphatic heterocycles. The second-order valence-corrected chi connectivity index (χ2v) is 9.46. The standard InChI is InChI=1S/C20H31N7O4/c1-19(2,3)30-17(28)26-7-8-27(18(29)31-20(4,5)6)13(10-26)9-21-15-14-16(23-11-22-14)25-12-24-15/h11-13H,7-10H2,1-6H3,(H2,21,22,23,24,25). The van der Waals surface area contributed by atoms with Gasteiger partial charge in [0.2, 0.25) is 0 Å². The van der Waals surface area contributed by atoms with Gasteiger partial charge in [-0.25, -0.2) is 24.5 Å². The van der Waals surface area contributed by atoms with Gasteiger partial charge in [0, 0.05) is 26.2 Å². The lowest BCUT2D eigenvalue weighted by Gasteiger charge is -2.41. The fraction of sp³-hybridized carbons (Fsp3) is 0.650. The number of amides is 2. The van der Waals surface area contributed by atoms with Crippen LogP contribution in [0.25, 0.3) is 11.2 Å². The van der Waals surface area contributed by atoms with Crippen molar-refractivity contribution in [2.24, 2.45) is 0 Å². The smallest absolute Gasteiger partial charge is 0.410 e. The molecule has 0 aromatic carbocycles.